The molecule has 0 bridgehead atoms. The average molecular weight is 370 g/mol. The van der Waals surface area contributed by atoms with Crippen LogP contribution in [0, 0.1) is 0 Å². The predicted molar refractivity (Wildman–Crippen MR) is 87.5 cm³/mol. The summed E-state index contributed by atoms with van der Waals surface area (Å²) in [4.78, 5) is 0.460. The van der Waals surface area contributed by atoms with Crippen molar-refractivity contribution in [3.8, 4) is 0 Å². The Morgan fingerprint density at radius 3 is 2.44 bits per heavy atom. The quantitative estimate of drug-likeness (QED) is 0.410. The highest BCUT2D eigenvalue weighted by molar-refractivity contribution is 9.10. The van der Waals surface area contributed by atoms with Gasteiger partial charge in [0.15, 0.2) is 0 Å². The van der Waals surface area contributed by atoms with Crippen molar-refractivity contribution in [2.75, 3.05) is 0 Å². The van der Waals surface area contributed by atoms with Gasteiger partial charge in [-0.05, 0) is 28.8 Å². The Morgan fingerprint density at radius 1 is 1.00 bits per heavy atom. The van der Waals surface area contributed by atoms with Crippen molar-refractivity contribution in [1.82, 2.24) is 0 Å². The number of benzene rings is 2. The van der Waals surface area contributed by atoms with Gasteiger partial charge >= 0.3 is 0 Å². The number of rotatable bonds is 5. The van der Waals surface area contributed by atoms with Crippen molar-refractivity contribution in [3.63, 3.8) is 0 Å². The van der Waals surface area contributed by atoms with E-state index in [1.807, 2.05) is 0 Å². The zero-order valence-corrected chi connectivity index (χ0v) is 13.8. The monoisotopic (exact) mass is 368 g/mol. The number of hydrogen-bond acceptors (Lipinski definition) is 0. The Hall–Kier alpha value is -0.340. The van der Waals surface area contributed by atoms with Crippen LogP contribution in [0.3, 0.4) is 0 Å². The summed E-state index contributed by atoms with van der Waals surface area (Å²) in [5.74, 6) is 0. The lowest BCUT2D eigenvalue weighted by molar-refractivity contribution is 0.665. The summed E-state index contributed by atoms with van der Waals surface area (Å²) in [6.45, 7) is 2.25. The minimum atomic E-state index is 0.460. The summed E-state index contributed by atoms with van der Waals surface area (Å²) in [5.41, 5.74) is 1.41. The van der Waals surface area contributed by atoms with Crippen LogP contribution in [0.2, 0.25) is 0 Å². The van der Waals surface area contributed by atoms with E-state index in [4.69, 9.17) is 0 Å². The molecule has 2 heteroatoms. The van der Waals surface area contributed by atoms with E-state index in [0.29, 0.717) is 4.83 Å². The van der Waals surface area contributed by atoms with Gasteiger partial charge in [-0.3, -0.25) is 0 Å². The first-order valence-corrected chi connectivity index (χ1v) is 8.26. The molecular weight excluding hydrogens is 352 g/mol. The minimum Gasteiger partial charge on any atom is -0.0839 e. The topological polar surface area (TPSA) is 0 Å². The average Bonchev–Trinajstić information content (AvgIpc) is 2.39. The molecule has 0 amide bonds. The molecule has 0 fully saturated rings. The Labute approximate surface area is 126 Å². The fourth-order valence-electron chi connectivity index (χ4n) is 2.29. The van der Waals surface area contributed by atoms with E-state index in [1.165, 1.54) is 46.5 Å². The molecule has 0 radical (unpaired) electrons. The second kappa shape index (κ2) is 6.72. The van der Waals surface area contributed by atoms with Crippen LogP contribution in [0.25, 0.3) is 10.8 Å². The molecule has 0 nitrogen and oxygen atoms in total. The van der Waals surface area contributed by atoms with Crippen molar-refractivity contribution in [2.24, 2.45) is 0 Å². The molecule has 1 unspecified atom stereocenters. The number of hydrogen-bond donors (Lipinski definition) is 0. The van der Waals surface area contributed by atoms with Crippen LogP contribution in [0.4, 0.5) is 0 Å². The predicted octanol–water partition coefficient (Wildman–Crippen LogP) is 6.62. The molecule has 0 spiro atoms. The molecule has 0 saturated heterocycles. The maximum Gasteiger partial charge on any atom is 0.0401 e. The maximum atomic E-state index is 3.85. The summed E-state index contributed by atoms with van der Waals surface area (Å²) < 4.78 is 1.18. The lowest BCUT2D eigenvalue weighted by Crippen LogP contribution is -1.92. The van der Waals surface area contributed by atoms with Gasteiger partial charge in [0, 0.05) is 9.30 Å². The standard InChI is InChI=1S/C16H18Br2/c1-2-3-4-9-15(17)14-10-11-16(18)13-8-6-5-7-12(13)14/h5-8,10-11,15H,2-4,9H2,1H3. The Bertz CT molecular complexity index is 519. The van der Waals surface area contributed by atoms with Crippen LogP contribution in [0.15, 0.2) is 40.9 Å². The molecule has 2 rings (SSSR count). The van der Waals surface area contributed by atoms with E-state index in [1.54, 1.807) is 0 Å². The van der Waals surface area contributed by atoms with Crippen LogP contribution < -0.4 is 0 Å². The summed E-state index contributed by atoms with van der Waals surface area (Å²) in [5, 5.41) is 2.65. The van der Waals surface area contributed by atoms with E-state index in [0.717, 1.165) is 0 Å². The first-order chi connectivity index (χ1) is 8.74. The van der Waals surface area contributed by atoms with Crippen molar-refractivity contribution in [1.29, 1.82) is 0 Å². The third kappa shape index (κ3) is 3.16. The minimum absolute atomic E-state index is 0.460. The highest BCUT2D eigenvalue weighted by atomic mass is 79.9. The van der Waals surface area contributed by atoms with E-state index in [-0.39, 0.29) is 0 Å². The molecule has 0 saturated carbocycles. The van der Waals surface area contributed by atoms with Crippen molar-refractivity contribution >= 4 is 42.6 Å². The number of unbranched alkanes of at least 4 members (excludes halogenated alkanes) is 2. The van der Waals surface area contributed by atoms with Gasteiger partial charge in [0.2, 0.25) is 0 Å². The van der Waals surface area contributed by atoms with Crippen molar-refractivity contribution in [2.45, 2.75) is 37.4 Å². The normalized spacial score (nSPS) is 12.8. The van der Waals surface area contributed by atoms with Crippen LogP contribution in [-0.2, 0) is 0 Å². The van der Waals surface area contributed by atoms with Gasteiger partial charge in [-0.2, -0.15) is 0 Å². The summed E-state index contributed by atoms with van der Waals surface area (Å²) in [6, 6.07) is 13.0. The molecule has 96 valence electrons. The number of halogens is 2. The molecule has 0 aliphatic carbocycles. The number of fused-ring (bicyclic) bond motifs is 1. The second-order valence-electron chi connectivity index (χ2n) is 4.65. The smallest absolute Gasteiger partial charge is 0.0401 e. The van der Waals surface area contributed by atoms with Crippen LogP contribution in [0.1, 0.15) is 43.0 Å². The largest absolute Gasteiger partial charge is 0.0839 e. The fourth-order valence-corrected chi connectivity index (χ4v) is 3.49. The first-order valence-electron chi connectivity index (χ1n) is 6.55. The van der Waals surface area contributed by atoms with Gasteiger partial charge in [-0.15, -0.1) is 0 Å². The zero-order valence-electron chi connectivity index (χ0n) is 10.6. The van der Waals surface area contributed by atoms with Crippen molar-refractivity contribution in [3.05, 3.63) is 46.4 Å². The molecule has 0 aliphatic rings. The third-order valence-corrected chi connectivity index (χ3v) is 4.95. The molecular formula is C16H18Br2. The van der Waals surface area contributed by atoms with Gasteiger partial charge in [-0.1, -0.05) is 88.4 Å². The van der Waals surface area contributed by atoms with Crippen molar-refractivity contribution < 1.29 is 0 Å². The van der Waals surface area contributed by atoms with Gasteiger partial charge in [0.25, 0.3) is 0 Å². The van der Waals surface area contributed by atoms with E-state index >= 15 is 0 Å². The summed E-state index contributed by atoms with van der Waals surface area (Å²) in [6.07, 6.45) is 5.09. The summed E-state index contributed by atoms with van der Waals surface area (Å²) in [7, 11) is 0. The van der Waals surface area contributed by atoms with E-state index < -0.39 is 0 Å². The van der Waals surface area contributed by atoms with Crippen LogP contribution >= 0.6 is 31.9 Å². The van der Waals surface area contributed by atoms with Gasteiger partial charge in [0.1, 0.15) is 0 Å². The Balaban J connectivity index is 2.30. The maximum absolute atomic E-state index is 3.85. The van der Waals surface area contributed by atoms with Crippen LogP contribution in [0.5, 0.6) is 0 Å². The Morgan fingerprint density at radius 2 is 1.72 bits per heavy atom. The molecule has 1 atom stereocenters. The lowest BCUT2D eigenvalue weighted by atomic mass is 9.99. The second-order valence-corrected chi connectivity index (χ2v) is 6.61. The summed E-state index contributed by atoms with van der Waals surface area (Å²) >= 11 is 7.48. The van der Waals surface area contributed by atoms with E-state index in [2.05, 4.69) is 75.2 Å². The third-order valence-electron chi connectivity index (χ3n) is 3.30. The highest BCUT2D eigenvalue weighted by Gasteiger charge is 2.11. The molecule has 18 heavy (non-hydrogen) atoms. The lowest BCUT2D eigenvalue weighted by Gasteiger charge is -2.14. The van der Waals surface area contributed by atoms with Gasteiger partial charge in [0.05, 0.1) is 0 Å². The Kier molecular flexibility index (Phi) is 5.25. The van der Waals surface area contributed by atoms with Crippen LogP contribution in [-0.4, -0.2) is 0 Å². The van der Waals surface area contributed by atoms with Gasteiger partial charge < -0.3 is 0 Å². The molecule has 0 aliphatic heterocycles. The highest BCUT2D eigenvalue weighted by Crippen LogP contribution is 2.36. The molecule has 0 aromatic heterocycles. The molecule has 0 N–H and O–H groups in total. The SMILES string of the molecule is CCCCCC(Br)c1ccc(Br)c2ccccc12. The van der Waals surface area contributed by atoms with Gasteiger partial charge in [-0.25, -0.2) is 0 Å². The number of alkyl halides is 1. The van der Waals surface area contributed by atoms with E-state index in [9.17, 15) is 0 Å². The fraction of sp³-hybridized carbons (Fsp3) is 0.375. The first kappa shape index (κ1) is 14.1. The zero-order chi connectivity index (χ0) is 13.0. The molecule has 2 aromatic rings. The molecule has 0 heterocycles. The molecule has 2 aromatic carbocycles.